The number of hydrogen-bond acceptors (Lipinski definition) is 0. The molecule has 250 valence electrons. The molecule has 2 nitrogen and oxygen atoms in total. The van der Waals surface area contributed by atoms with Gasteiger partial charge in [0.1, 0.15) is 5.56 Å². The van der Waals surface area contributed by atoms with Crippen LogP contribution < -0.4 is 0 Å². The molecule has 0 aliphatic carbocycles. The molecule has 0 radical (unpaired) electrons. The highest BCUT2D eigenvalue weighted by molar-refractivity contribution is 6.11. The van der Waals surface area contributed by atoms with Gasteiger partial charge in [-0.1, -0.05) is 58.7 Å². The van der Waals surface area contributed by atoms with E-state index in [4.69, 9.17) is 0 Å². The minimum absolute atomic E-state index is 0.149. The van der Waals surface area contributed by atoms with E-state index in [1.165, 1.54) is 24.3 Å². The van der Waals surface area contributed by atoms with Crippen molar-refractivity contribution in [1.29, 1.82) is 0 Å². The van der Waals surface area contributed by atoms with E-state index in [1.54, 1.807) is 9.13 Å². The Labute approximate surface area is 283 Å². The largest absolute Gasteiger partial charge is 0.420 e. The SMILES string of the molecule is Cc1ccc2c(c1)c1cc(C)ccc1n2-c1cc(-c2cccc(C(F)(F)F)c2)cc(-n2c3ccc(C)cc3c3cc(C)ccc32)c1C(F)(F)F. The maximum absolute atomic E-state index is 15.9. The molecule has 2 aromatic heterocycles. The van der Waals surface area contributed by atoms with Gasteiger partial charge in [-0.05, 0) is 112 Å². The highest BCUT2D eigenvalue weighted by Crippen LogP contribution is 2.46. The average Bonchev–Trinajstić information content (AvgIpc) is 3.54. The number of fused-ring (bicyclic) bond motifs is 6. The molecule has 2 heterocycles. The summed E-state index contributed by atoms with van der Waals surface area (Å²) >= 11 is 0. The van der Waals surface area contributed by atoms with E-state index in [0.717, 1.165) is 55.9 Å². The molecule has 0 atom stereocenters. The number of aromatic nitrogens is 2. The molecular weight excluding hydrogens is 646 g/mol. The number of benzene rings is 6. The second kappa shape index (κ2) is 11.0. The summed E-state index contributed by atoms with van der Waals surface area (Å²) in [4.78, 5) is 0. The second-order valence-electron chi connectivity index (χ2n) is 13.2. The molecule has 0 aliphatic rings. The van der Waals surface area contributed by atoms with Crippen molar-refractivity contribution in [2.24, 2.45) is 0 Å². The van der Waals surface area contributed by atoms with Crippen molar-refractivity contribution >= 4 is 43.6 Å². The van der Waals surface area contributed by atoms with Crippen LogP contribution in [0.3, 0.4) is 0 Å². The smallest absolute Gasteiger partial charge is 0.309 e. The van der Waals surface area contributed by atoms with Crippen molar-refractivity contribution in [2.75, 3.05) is 0 Å². The molecule has 8 heteroatoms. The van der Waals surface area contributed by atoms with Crippen LogP contribution in [0.5, 0.6) is 0 Å². The summed E-state index contributed by atoms with van der Waals surface area (Å²) < 4.78 is 92.9. The fraction of sp³-hybridized carbons (Fsp3) is 0.143. The third kappa shape index (κ3) is 5.04. The third-order valence-electron chi connectivity index (χ3n) is 9.54. The van der Waals surface area contributed by atoms with E-state index in [1.807, 2.05) is 100 Å². The van der Waals surface area contributed by atoms with Gasteiger partial charge in [0.2, 0.25) is 0 Å². The lowest BCUT2D eigenvalue weighted by Gasteiger charge is -2.23. The molecule has 0 saturated carbocycles. The molecular formula is C42H30F6N2. The summed E-state index contributed by atoms with van der Waals surface area (Å²) in [7, 11) is 0. The Morgan fingerprint density at radius 3 is 1.12 bits per heavy atom. The lowest BCUT2D eigenvalue weighted by Crippen LogP contribution is -2.16. The Kier molecular flexibility index (Phi) is 6.99. The minimum Gasteiger partial charge on any atom is -0.309 e. The maximum atomic E-state index is 15.9. The molecule has 0 unspecified atom stereocenters. The Morgan fingerprint density at radius 1 is 0.400 bits per heavy atom. The zero-order valence-corrected chi connectivity index (χ0v) is 27.6. The van der Waals surface area contributed by atoms with E-state index >= 15 is 13.2 Å². The fourth-order valence-electron chi connectivity index (χ4n) is 7.32. The van der Waals surface area contributed by atoms with Gasteiger partial charge in [-0.2, -0.15) is 26.3 Å². The number of aryl methyl sites for hydroxylation is 4. The summed E-state index contributed by atoms with van der Waals surface area (Å²) in [6.07, 6.45) is -9.51. The Bertz CT molecular complexity index is 2400. The number of rotatable bonds is 3. The van der Waals surface area contributed by atoms with Gasteiger partial charge in [-0.3, -0.25) is 0 Å². The minimum atomic E-state index is -4.87. The first-order chi connectivity index (χ1) is 23.7. The maximum Gasteiger partial charge on any atom is 0.420 e. The monoisotopic (exact) mass is 676 g/mol. The molecule has 0 saturated heterocycles. The first kappa shape index (κ1) is 31.7. The van der Waals surface area contributed by atoms with E-state index in [2.05, 4.69) is 0 Å². The van der Waals surface area contributed by atoms with E-state index < -0.39 is 23.5 Å². The van der Waals surface area contributed by atoms with Crippen LogP contribution >= 0.6 is 0 Å². The molecule has 8 aromatic rings. The lowest BCUT2D eigenvalue weighted by molar-refractivity contribution is -0.138. The van der Waals surface area contributed by atoms with Gasteiger partial charge in [0.25, 0.3) is 0 Å². The van der Waals surface area contributed by atoms with Crippen LogP contribution in [0.25, 0.3) is 66.1 Å². The first-order valence-corrected chi connectivity index (χ1v) is 16.2. The van der Waals surface area contributed by atoms with Gasteiger partial charge < -0.3 is 9.13 Å². The van der Waals surface area contributed by atoms with Crippen LogP contribution in [0.2, 0.25) is 0 Å². The topological polar surface area (TPSA) is 9.86 Å². The zero-order chi connectivity index (χ0) is 35.3. The molecule has 0 aliphatic heterocycles. The van der Waals surface area contributed by atoms with Crippen molar-refractivity contribution in [3.8, 4) is 22.5 Å². The molecule has 0 spiro atoms. The van der Waals surface area contributed by atoms with Crippen LogP contribution in [0.15, 0.2) is 109 Å². The van der Waals surface area contributed by atoms with Crippen LogP contribution in [-0.4, -0.2) is 9.13 Å². The van der Waals surface area contributed by atoms with Crippen LogP contribution in [-0.2, 0) is 12.4 Å². The second-order valence-corrected chi connectivity index (χ2v) is 13.2. The highest BCUT2D eigenvalue weighted by atomic mass is 19.4. The van der Waals surface area contributed by atoms with Crippen LogP contribution in [0.1, 0.15) is 33.4 Å². The Hall–Kier alpha value is -5.50. The summed E-state index contributed by atoms with van der Waals surface area (Å²) in [6.45, 7) is 7.71. The molecule has 0 N–H and O–H groups in total. The van der Waals surface area contributed by atoms with Gasteiger partial charge in [-0.25, -0.2) is 0 Å². The molecule has 0 fully saturated rings. The van der Waals surface area contributed by atoms with Gasteiger partial charge in [0.15, 0.2) is 0 Å². The molecule has 50 heavy (non-hydrogen) atoms. The summed E-state index contributed by atoms with van der Waals surface area (Å²) in [5.74, 6) is 0. The average molecular weight is 677 g/mol. The summed E-state index contributed by atoms with van der Waals surface area (Å²) in [6, 6.07) is 30.0. The predicted molar refractivity (Wildman–Crippen MR) is 190 cm³/mol. The summed E-state index contributed by atoms with van der Waals surface area (Å²) in [5.41, 5.74) is 4.26. The molecule has 0 amide bonds. The van der Waals surface area contributed by atoms with Gasteiger partial charge in [-0.15, -0.1) is 0 Å². The highest BCUT2D eigenvalue weighted by Gasteiger charge is 2.40. The Balaban J connectivity index is 1.60. The number of halogens is 6. The van der Waals surface area contributed by atoms with Crippen LogP contribution in [0.4, 0.5) is 26.3 Å². The van der Waals surface area contributed by atoms with Gasteiger partial charge in [0, 0.05) is 21.5 Å². The zero-order valence-electron chi connectivity index (χ0n) is 27.6. The standard InChI is InChI=1S/C42H30F6N2/c1-23-8-12-34-30(16-23)31-17-24(2)9-13-35(31)49(34)38-21-28(27-6-5-7-29(20-27)41(43,44)45)22-39(40(38)42(46,47)48)50-36-14-10-25(3)18-32(36)33-19-26(4)11-15-37(33)50/h5-22H,1-4H3. The Morgan fingerprint density at radius 2 is 0.780 bits per heavy atom. The number of nitrogens with zero attached hydrogens (tertiary/aromatic N) is 2. The van der Waals surface area contributed by atoms with E-state index in [0.29, 0.717) is 22.1 Å². The van der Waals surface area contributed by atoms with Crippen molar-refractivity contribution in [3.63, 3.8) is 0 Å². The van der Waals surface area contributed by atoms with E-state index in [-0.39, 0.29) is 22.5 Å². The number of alkyl halides is 6. The fourth-order valence-corrected chi connectivity index (χ4v) is 7.32. The molecule has 0 bridgehead atoms. The quantitative estimate of drug-likeness (QED) is 0.165. The normalized spacial score (nSPS) is 12.6. The van der Waals surface area contributed by atoms with Gasteiger partial charge in [0.05, 0.1) is 39.0 Å². The van der Waals surface area contributed by atoms with Crippen molar-refractivity contribution in [3.05, 3.63) is 143 Å². The van der Waals surface area contributed by atoms with Crippen molar-refractivity contribution in [1.82, 2.24) is 9.13 Å². The first-order valence-electron chi connectivity index (χ1n) is 16.2. The third-order valence-corrected chi connectivity index (χ3v) is 9.54. The molecule has 8 rings (SSSR count). The van der Waals surface area contributed by atoms with Crippen LogP contribution in [0, 0.1) is 27.7 Å². The predicted octanol–water partition coefficient (Wildman–Crippen LogP) is 12.8. The van der Waals surface area contributed by atoms with E-state index in [9.17, 15) is 13.2 Å². The van der Waals surface area contributed by atoms with Crippen molar-refractivity contribution < 1.29 is 26.3 Å². The van der Waals surface area contributed by atoms with Gasteiger partial charge >= 0.3 is 12.4 Å². The number of hydrogen-bond donors (Lipinski definition) is 0. The summed E-state index contributed by atoms with van der Waals surface area (Å²) in [5, 5.41) is 3.13. The lowest BCUT2D eigenvalue weighted by atomic mass is 9.97. The molecule has 6 aromatic carbocycles. The van der Waals surface area contributed by atoms with Crippen molar-refractivity contribution in [2.45, 2.75) is 40.0 Å².